The average molecular weight is 739 g/mol. The molecule has 1 N–H and O–H groups in total. The fourth-order valence-corrected chi connectivity index (χ4v) is 10.4. The van der Waals surface area contributed by atoms with E-state index in [0.717, 1.165) is 44.6 Å². The van der Waals surface area contributed by atoms with Crippen molar-refractivity contribution in [3.63, 3.8) is 0 Å². The highest BCUT2D eigenvalue weighted by Gasteiger charge is 2.51. The van der Waals surface area contributed by atoms with Crippen LogP contribution in [-0.4, -0.2) is 4.57 Å². The Kier molecular flexibility index (Phi) is 6.37. The molecule has 3 nitrogen and oxygen atoms in total. The monoisotopic (exact) mass is 738 g/mol. The molecular weight excluding hydrogens is 705 g/mol. The second-order valence-corrected chi connectivity index (χ2v) is 15.7. The first-order valence-electron chi connectivity index (χ1n) is 20.0. The minimum atomic E-state index is -0.394. The molecule has 0 radical (unpaired) electrons. The highest BCUT2D eigenvalue weighted by molar-refractivity contribution is 6.14. The van der Waals surface area contributed by atoms with Gasteiger partial charge in [0.25, 0.3) is 0 Å². The van der Waals surface area contributed by atoms with Gasteiger partial charge in [0, 0.05) is 27.5 Å². The van der Waals surface area contributed by atoms with Crippen molar-refractivity contribution in [2.24, 2.45) is 0 Å². The summed E-state index contributed by atoms with van der Waals surface area (Å²) in [6, 6.07) is 73.0. The number of nitrogens with zero attached hydrogens (tertiary/aromatic N) is 1. The summed E-state index contributed by atoms with van der Waals surface area (Å²) < 4.78 is 8.89. The Morgan fingerprint density at radius 3 is 1.74 bits per heavy atom. The molecule has 0 atom stereocenters. The van der Waals surface area contributed by atoms with E-state index in [9.17, 15) is 0 Å². The molecule has 0 amide bonds. The van der Waals surface area contributed by atoms with Crippen molar-refractivity contribution in [1.82, 2.24) is 4.57 Å². The van der Waals surface area contributed by atoms with Gasteiger partial charge >= 0.3 is 0 Å². The van der Waals surface area contributed by atoms with Crippen LogP contribution in [0, 0.1) is 0 Å². The van der Waals surface area contributed by atoms with Gasteiger partial charge in [-0.2, -0.15) is 0 Å². The summed E-state index contributed by atoms with van der Waals surface area (Å²) >= 11 is 0. The average Bonchev–Trinajstić information content (AvgIpc) is 4.00. The second kappa shape index (κ2) is 11.7. The van der Waals surface area contributed by atoms with Gasteiger partial charge in [-0.15, -0.1) is 0 Å². The number of aromatic nitrogens is 1. The van der Waals surface area contributed by atoms with Crippen LogP contribution in [0.4, 0.5) is 11.4 Å². The topological polar surface area (TPSA) is 30.1 Å². The molecule has 0 saturated heterocycles. The number of fused-ring (bicyclic) bond motifs is 16. The number of nitrogens with one attached hydrogen (secondary N) is 1. The van der Waals surface area contributed by atoms with Gasteiger partial charge in [-0.25, -0.2) is 0 Å². The number of rotatable bonds is 4. The van der Waals surface area contributed by atoms with Crippen molar-refractivity contribution in [3.05, 3.63) is 222 Å². The molecule has 13 rings (SSSR count). The van der Waals surface area contributed by atoms with Gasteiger partial charge in [-0.3, -0.25) is 0 Å². The Labute approximate surface area is 335 Å². The van der Waals surface area contributed by atoms with Crippen molar-refractivity contribution in [2.75, 3.05) is 5.32 Å². The molecule has 3 heteroatoms. The van der Waals surface area contributed by atoms with Crippen molar-refractivity contribution in [1.29, 1.82) is 0 Å². The maximum atomic E-state index is 6.53. The molecule has 11 aromatic rings. The van der Waals surface area contributed by atoms with Crippen LogP contribution < -0.4 is 5.32 Å². The lowest BCUT2D eigenvalue weighted by molar-refractivity contribution is 0.669. The van der Waals surface area contributed by atoms with Gasteiger partial charge in [-0.1, -0.05) is 133 Å². The molecule has 58 heavy (non-hydrogen) atoms. The Balaban J connectivity index is 0.950. The van der Waals surface area contributed by atoms with Crippen LogP contribution in [-0.2, 0) is 5.41 Å². The SMILES string of the molecule is c1ccc(-n2c3ccccc3c3cc(-c4ccc5oc6cccc(Nc7ccc8c(c7)C7(c9ccccc9-c9ccccc97)c7ccccc7-8)c6c5c4)ccc32)cc1. The molecule has 0 bridgehead atoms. The van der Waals surface area contributed by atoms with E-state index < -0.39 is 5.41 Å². The summed E-state index contributed by atoms with van der Waals surface area (Å²) in [5, 5.41) is 8.54. The molecule has 0 saturated carbocycles. The number of para-hydroxylation sites is 2. The van der Waals surface area contributed by atoms with E-state index in [1.807, 2.05) is 0 Å². The summed E-state index contributed by atoms with van der Waals surface area (Å²) in [7, 11) is 0. The Morgan fingerprint density at radius 2 is 1.00 bits per heavy atom. The quantitative estimate of drug-likeness (QED) is 0.195. The summed E-state index contributed by atoms with van der Waals surface area (Å²) in [4.78, 5) is 0. The number of hydrogen-bond acceptors (Lipinski definition) is 2. The molecule has 1 spiro atoms. The third-order valence-corrected chi connectivity index (χ3v) is 12.8. The van der Waals surface area contributed by atoms with E-state index >= 15 is 0 Å². The van der Waals surface area contributed by atoms with Gasteiger partial charge in [0.15, 0.2) is 0 Å². The molecule has 9 aromatic carbocycles. The standard InChI is InChI=1S/C55H34N2O/c1-2-13-37(14-3-1)57-50-23-11-7-18-42(50)43-31-34(25-29-51(43)57)35-26-30-52-44(32-35)54-49(22-12-24-53(54)58-52)56-36-27-28-41-40-17-6-10-21-47(40)55(48(41)33-36)45-19-8-4-15-38(45)39-16-5-9-20-46(39)55/h1-33,56H. The maximum absolute atomic E-state index is 6.53. The highest BCUT2D eigenvalue weighted by atomic mass is 16.3. The Hall–Kier alpha value is -7.62. The van der Waals surface area contributed by atoms with E-state index in [-0.39, 0.29) is 0 Å². The number of furan rings is 1. The zero-order chi connectivity index (χ0) is 38.0. The van der Waals surface area contributed by atoms with Crippen LogP contribution >= 0.6 is 0 Å². The first kappa shape index (κ1) is 31.6. The van der Waals surface area contributed by atoms with Crippen LogP contribution in [0.25, 0.3) is 82.8 Å². The summed E-state index contributed by atoms with van der Waals surface area (Å²) in [5.74, 6) is 0. The van der Waals surface area contributed by atoms with Crippen LogP contribution in [0.1, 0.15) is 22.3 Å². The van der Waals surface area contributed by atoms with Crippen molar-refractivity contribution in [3.8, 4) is 39.1 Å². The van der Waals surface area contributed by atoms with Gasteiger partial charge in [-0.05, 0) is 122 Å². The predicted molar refractivity (Wildman–Crippen MR) is 240 cm³/mol. The minimum Gasteiger partial charge on any atom is -0.456 e. The van der Waals surface area contributed by atoms with Crippen LogP contribution in [0.5, 0.6) is 0 Å². The lowest BCUT2D eigenvalue weighted by Crippen LogP contribution is -2.25. The van der Waals surface area contributed by atoms with E-state index in [1.54, 1.807) is 0 Å². The lowest BCUT2D eigenvalue weighted by Gasteiger charge is -2.30. The second-order valence-electron chi connectivity index (χ2n) is 15.7. The molecule has 0 aliphatic heterocycles. The minimum absolute atomic E-state index is 0.394. The largest absolute Gasteiger partial charge is 0.456 e. The molecule has 270 valence electrons. The van der Waals surface area contributed by atoms with Crippen LogP contribution in [0.2, 0.25) is 0 Å². The molecule has 2 aliphatic carbocycles. The fourth-order valence-electron chi connectivity index (χ4n) is 10.4. The van der Waals surface area contributed by atoms with Crippen molar-refractivity contribution >= 4 is 55.1 Å². The smallest absolute Gasteiger partial charge is 0.137 e. The molecule has 2 aliphatic rings. The number of anilines is 2. The molecule has 2 aromatic heterocycles. The van der Waals surface area contributed by atoms with E-state index in [1.165, 1.54) is 71.9 Å². The van der Waals surface area contributed by atoms with E-state index in [2.05, 4.69) is 210 Å². The normalized spacial score (nSPS) is 13.3. The molecule has 2 heterocycles. The Morgan fingerprint density at radius 1 is 0.397 bits per heavy atom. The third kappa shape index (κ3) is 4.17. The molecule has 0 unspecified atom stereocenters. The zero-order valence-electron chi connectivity index (χ0n) is 31.4. The van der Waals surface area contributed by atoms with Crippen LogP contribution in [0.15, 0.2) is 205 Å². The van der Waals surface area contributed by atoms with Crippen molar-refractivity contribution in [2.45, 2.75) is 5.41 Å². The van der Waals surface area contributed by atoms with Gasteiger partial charge in [0.1, 0.15) is 11.2 Å². The predicted octanol–water partition coefficient (Wildman–Crippen LogP) is 14.4. The fraction of sp³-hybridized carbons (Fsp3) is 0.0182. The summed E-state index contributed by atoms with van der Waals surface area (Å²) in [6.45, 7) is 0. The first-order chi connectivity index (χ1) is 28.8. The van der Waals surface area contributed by atoms with E-state index in [0.29, 0.717) is 0 Å². The van der Waals surface area contributed by atoms with Crippen molar-refractivity contribution < 1.29 is 4.42 Å². The van der Waals surface area contributed by atoms with Gasteiger partial charge in [0.05, 0.1) is 27.5 Å². The Bertz CT molecular complexity index is 3430. The maximum Gasteiger partial charge on any atom is 0.137 e. The molecule has 0 fully saturated rings. The van der Waals surface area contributed by atoms with E-state index in [4.69, 9.17) is 4.42 Å². The first-order valence-corrected chi connectivity index (χ1v) is 20.0. The van der Waals surface area contributed by atoms with Gasteiger partial charge < -0.3 is 14.3 Å². The highest BCUT2D eigenvalue weighted by Crippen LogP contribution is 2.63. The lowest BCUT2D eigenvalue weighted by atomic mass is 9.70. The zero-order valence-corrected chi connectivity index (χ0v) is 31.4. The number of hydrogen-bond donors (Lipinski definition) is 1. The van der Waals surface area contributed by atoms with Crippen LogP contribution in [0.3, 0.4) is 0 Å². The molecular formula is C55H34N2O. The third-order valence-electron chi connectivity index (χ3n) is 12.8. The summed E-state index contributed by atoms with van der Waals surface area (Å²) in [6.07, 6.45) is 0. The number of benzene rings is 9. The van der Waals surface area contributed by atoms with Gasteiger partial charge in [0.2, 0.25) is 0 Å². The summed E-state index contributed by atoms with van der Waals surface area (Å²) in [5.41, 5.74) is 19.8.